The van der Waals surface area contributed by atoms with Crippen LogP contribution in [-0.4, -0.2) is 28.7 Å². The number of hydrogen-bond donors (Lipinski definition) is 1. The number of esters is 1. The molecule has 2 aromatic heterocycles. The first-order valence-corrected chi connectivity index (χ1v) is 12.8. The fourth-order valence-corrected chi connectivity index (χ4v) is 7.13. The maximum atomic E-state index is 13.1. The summed E-state index contributed by atoms with van der Waals surface area (Å²) in [5, 5.41) is 3.40. The maximum absolute atomic E-state index is 13.1. The van der Waals surface area contributed by atoms with Crippen molar-refractivity contribution < 1.29 is 14.3 Å². The molecule has 1 atom stereocenters. The Morgan fingerprint density at radius 2 is 2.00 bits per heavy atom. The fourth-order valence-electron chi connectivity index (χ4n) is 3.61. The predicted octanol–water partition coefficient (Wildman–Crippen LogP) is 5.92. The van der Waals surface area contributed by atoms with E-state index in [9.17, 15) is 9.59 Å². The van der Waals surface area contributed by atoms with Gasteiger partial charge in [-0.15, -0.1) is 22.7 Å². The number of amides is 1. The molecule has 0 saturated carbocycles. The van der Waals surface area contributed by atoms with E-state index in [0.717, 1.165) is 45.8 Å². The highest BCUT2D eigenvalue weighted by atomic mass is 32.2. The molecule has 0 radical (unpaired) electrons. The lowest BCUT2D eigenvalue weighted by Crippen LogP contribution is -2.25. The van der Waals surface area contributed by atoms with Gasteiger partial charge in [0.15, 0.2) is 4.34 Å². The van der Waals surface area contributed by atoms with Gasteiger partial charge in [-0.2, -0.15) is 0 Å². The molecular formula is C22H24N2O3S3. The van der Waals surface area contributed by atoms with Crippen molar-refractivity contribution in [3.05, 3.63) is 40.3 Å². The summed E-state index contributed by atoms with van der Waals surface area (Å²) >= 11 is 4.61. The summed E-state index contributed by atoms with van der Waals surface area (Å²) in [7, 11) is 0. The number of rotatable bonds is 7. The normalized spacial score (nSPS) is 14.3. The van der Waals surface area contributed by atoms with Crippen molar-refractivity contribution in [3.63, 3.8) is 0 Å². The van der Waals surface area contributed by atoms with Crippen LogP contribution in [0.2, 0.25) is 0 Å². The summed E-state index contributed by atoms with van der Waals surface area (Å²) in [6.45, 7) is 4.12. The zero-order chi connectivity index (χ0) is 21.1. The molecule has 8 heteroatoms. The molecule has 1 aliphatic carbocycles. The Balaban J connectivity index is 1.55. The van der Waals surface area contributed by atoms with Crippen molar-refractivity contribution in [1.29, 1.82) is 0 Å². The molecule has 0 fully saturated rings. The van der Waals surface area contributed by atoms with Crippen molar-refractivity contribution in [2.24, 2.45) is 0 Å². The SMILES string of the molecule is CCOC(=O)c1c(NC(=O)C(CC)Sc2nc3ccccc3s2)sc2c1CCCC2. The molecule has 1 aromatic carbocycles. The van der Waals surface area contributed by atoms with E-state index in [2.05, 4.69) is 10.3 Å². The minimum atomic E-state index is -0.334. The van der Waals surface area contributed by atoms with Gasteiger partial charge in [-0.05, 0) is 56.7 Å². The number of para-hydroxylation sites is 1. The number of nitrogens with one attached hydrogen (secondary N) is 1. The lowest BCUT2D eigenvalue weighted by Gasteiger charge is -2.14. The Kier molecular flexibility index (Phi) is 6.75. The van der Waals surface area contributed by atoms with Gasteiger partial charge in [-0.25, -0.2) is 9.78 Å². The Labute approximate surface area is 188 Å². The van der Waals surface area contributed by atoms with Crippen molar-refractivity contribution >= 4 is 61.5 Å². The van der Waals surface area contributed by atoms with Gasteiger partial charge in [-0.1, -0.05) is 30.8 Å². The molecule has 30 heavy (non-hydrogen) atoms. The van der Waals surface area contributed by atoms with E-state index in [0.29, 0.717) is 23.6 Å². The number of ether oxygens (including phenoxy) is 1. The second-order valence-corrected chi connectivity index (χ2v) is 10.7. The molecule has 0 aliphatic heterocycles. The number of fused-ring (bicyclic) bond motifs is 2. The number of thiazole rings is 1. The zero-order valence-corrected chi connectivity index (χ0v) is 19.5. The highest BCUT2D eigenvalue weighted by molar-refractivity contribution is 8.02. The first kappa shape index (κ1) is 21.3. The Morgan fingerprint density at radius 3 is 2.77 bits per heavy atom. The molecule has 1 unspecified atom stereocenters. The van der Waals surface area contributed by atoms with Crippen molar-refractivity contribution in [2.45, 2.75) is 55.5 Å². The largest absolute Gasteiger partial charge is 0.462 e. The number of benzene rings is 1. The van der Waals surface area contributed by atoms with Gasteiger partial charge in [0.25, 0.3) is 0 Å². The summed E-state index contributed by atoms with van der Waals surface area (Å²) in [5.41, 5.74) is 2.58. The number of anilines is 1. The van der Waals surface area contributed by atoms with Gasteiger partial charge in [0.2, 0.25) is 5.91 Å². The lowest BCUT2D eigenvalue weighted by molar-refractivity contribution is -0.115. The third-order valence-corrected chi connectivity index (χ3v) is 8.77. The molecular weight excluding hydrogens is 436 g/mol. The zero-order valence-electron chi connectivity index (χ0n) is 17.0. The minimum absolute atomic E-state index is 0.0918. The predicted molar refractivity (Wildman–Crippen MR) is 125 cm³/mol. The third-order valence-electron chi connectivity index (χ3n) is 5.07. The first-order valence-electron chi connectivity index (χ1n) is 10.3. The van der Waals surface area contributed by atoms with Gasteiger partial charge in [0.1, 0.15) is 5.00 Å². The number of thioether (sulfide) groups is 1. The van der Waals surface area contributed by atoms with Gasteiger partial charge in [-0.3, -0.25) is 4.79 Å². The van der Waals surface area contributed by atoms with E-state index in [1.54, 1.807) is 18.3 Å². The number of aryl methyl sites for hydroxylation is 1. The van der Waals surface area contributed by atoms with E-state index in [4.69, 9.17) is 4.74 Å². The van der Waals surface area contributed by atoms with Crippen LogP contribution in [0.1, 0.15) is 53.9 Å². The summed E-state index contributed by atoms with van der Waals surface area (Å²) in [4.78, 5) is 31.6. The smallest absolute Gasteiger partial charge is 0.341 e. The Morgan fingerprint density at radius 1 is 1.20 bits per heavy atom. The molecule has 5 nitrogen and oxygen atoms in total. The topological polar surface area (TPSA) is 68.3 Å². The summed E-state index contributed by atoms with van der Waals surface area (Å²) < 4.78 is 7.29. The quantitative estimate of drug-likeness (QED) is 0.350. The van der Waals surface area contributed by atoms with Gasteiger partial charge in [0.05, 0.1) is 27.6 Å². The van der Waals surface area contributed by atoms with Crippen LogP contribution < -0.4 is 5.32 Å². The van der Waals surface area contributed by atoms with Crippen LogP contribution >= 0.6 is 34.4 Å². The maximum Gasteiger partial charge on any atom is 0.341 e. The minimum Gasteiger partial charge on any atom is -0.462 e. The van der Waals surface area contributed by atoms with Crippen molar-refractivity contribution in [1.82, 2.24) is 4.98 Å². The molecule has 4 rings (SSSR count). The number of nitrogens with zero attached hydrogens (tertiary/aromatic N) is 1. The van der Waals surface area contributed by atoms with E-state index in [-0.39, 0.29) is 17.1 Å². The van der Waals surface area contributed by atoms with Gasteiger partial charge < -0.3 is 10.1 Å². The summed E-state index contributed by atoms with van der Waals surface area (Å²) in [5.74, 6) is -0.426. The number of aromatic nitrogens is 1. The summed E-state index contributed by atoms with van der Waals surface area (Å²) in [6.07, 6.45) is 4.68. The number of hydrogen-bond acceptors (Lipinski definition) is 7. The van der Waals surface area contributed by atoms with Crippen LogP contribution in [0, 0.1) is 0 Å². The van der Waals surface area contributed by atoms with Crippen LogP contribution in [0.5, 0.6) is 0 Å². The molecule has 3 aromatic rings. The fraction of sp³-hybridized carbons (Fsp3) is 0.409. The van der Waals surface area contributed by atoms with Crippen molar-refractivity contribution in [2.75, 3.05) is 11.9 Å². The van der Waals surface area contributed by atoms with E-state index in [1.165, 1.54) is 28.0 Å². The molecule has 1 aliphatic rings. The van der Waals surface area contributed by atoms with Gasteiger partial charge in [0, 0.05) is 4.88 Å². The number of carbonyl (C=O) groups is 2. The van der Waals surface area contributed by atoms with Crippen LogP contribution in [0.15, 0.2) is 28.6 Å². The van der Waals surface area contributed by atoms with Crippen molar-refractivity contribution in [3.8, 4) is 0 Å². The van der Waals surface area contributed by atoms with Crippen LogP contribution in [0.3, 0.4) is 0 Å². The standard InChI is InChI=1S/C22H24N2O3S3/c1-3-15(29-22-23-14-10-6-8-12-17(14)30-22)19(25)24-20-18(21(26)27-4-2)13-9-5-7-11-16(13)28-20/h6,8,10,12,15H,3-5,7,9,11H2,1-2H3,(H,24,25). The molecule has 158 valence electrons. The second kappa shape index (κ2) is 9.49. The average Bonchev–Trinajstić information content (AvgIpc) is 3.32. The Bertz CT molecular complexity index is 1040. The van der Waals surface area contributed by atoms with E-state index >= 15 is 0 Å². The second-order valence-electron chi connectivity index (χ2n) is 7.09. The monoisotopic (exact) mass is 460 g/mol. The lowest BCUT2D eigenvalue weighted by atomic mass is 9.95. The highest BCUT2D eigenvalue weighted by Gasteiger charge is 2.29. The highest BCUT2D eigenvalue weighted by Crippen LogP contribution is 2.39. The molecule has 1 N–H and O–H groups in total. The molecule has 1 amide bonds. The molecule has 0 spiro atoms. The summed E-state index contributed by atoms with van der Waals surface area (Å²) in [6, 6.07) is 7.99. The number of thiophene rings is 1. The van der Waals surface area contributed by atoms with Gasteiger partial charge >= 0.3 is 5.97 Å². The molecule has 0 bridgehead atoms. The average molecular weight is 461 g/mol. The molecule has 0 saturated heterocycles. The first-order chi connectivity index (χ1) is 14.6. The van der Waals surface area contributed by atoms with Crippen LogP contribution in [-0.2, 0) is 22.4 Å². The Hall–Kier alpha value is -1.90. The van der Waals surface area contributed by atoms with E-state index < -0.39 is 0 Å². The van der Waals surface area contributed by atoms with E-state index in [1.807, 2.05) is 31.2 Å². The van der Waals surface area contributed by atoms with Crippen LogP contribution in [0.4, 0.5) is 5.00 Å². The molecule has 2 heterocycles. The van der Waals surface area contributed by atoms with Crippen LogP contribution in [0.25, 0.3) is 10.2 Å². The number of carbonyl (C=O) groups excluding carboxylic acids is 2. The third kappa shape index (κ3) is 4.40.